The number of terminal acetylenes is 1. The van der Waals surface area contributed by atoms with Crippen molar-refractivity contribution in [3.05, 3.63) is 22.5 Å². The first-order valence-electron chi connectivity index (χ1n) is 5.42. The van der Waals surface area contributed by atoms with Crippen molar-refractivity contribution >= 4 is 5.82 Å². The molecule has 2 heterocycles. The van der Waals surface area contributed by atoms with Crippen LogP contribution in [0.25, 0.3) is 0 Å². The summed E-state index contributed by atoms with van der Waals surface area (Å²) in [5, 5.41) is 19.0. The van der Waals surface area contributed by atoms with E-state index in [0.717, 1.165) is 10.8 Å². The molecule has 1 aliphatic heterocycles. The van der Waals surface area contributed by atoms with Crippen LogP contribution in [0.3, 0.4) is 0 Å². The van der Waals surface area contributed by atoms with Crippen molar-refractivity contribution in [1.82, 2.24) is 9.55 Å². The van der Waals surface area contributed by atoms with E-state index >= 15 is 0 Å². The van der Waals surface area contributed by atoms with E-state index in [1.54, 1.807) is 0 Å². The minimum Gasteiger partial charge on any atom is -0.392 e. The van der Waals surface area contributed by atoms with Crippen molar-refractivity contribution in [2.45, 2.75) is 24.4 Å². The first-order valence-corrected chi connectivity index (χ1v) is 5.42. The number of anilines is 1. The third-order valence-corrected chi connectivity index (χ3v) is 3.03. The number of nitrogen functional groups attached to an aromatic ring is 1. The molecule has 0 aromatic carbocycles. The van der Waals surface area contributed by atoms with E-state index in [1.165, 1.54) is 0 Å². The fraction of sp³-hybridized carbons (Fsp3) is 0.455. The molecule has 0 spiro atoms. The lowest BCUT2D eigenvalue weighted by molar-refractivity contribution is -0.0914. The Hall–Kier alpha value is -1.95. The third kappa shape index (κ3) is 2.08. The molecule has 3 atom stereocenters. The molecule has 1 saturated heterocycles. The molecule has 1 aromatic rings. The Morgan fingerprint density at radius 2 is 2.47 bits per heavy atom. The van der Waals surface area contributed by atoms with Crippen LogP contribution in [-0.2, 0) is 4.74 Å². The number of aromatic nitrogens is 2. The molecule has 0 radical (unpaired) electrons. The fourth-order valence-corrected chi connectivity index (χ4v) is 1.90. The zero-order valence-corrected chi connectivity index (χ0v) is 9.78. The normalized spacial score (nSPS) is 30.2. The van der Waals surface area contributed by atoms with Gasteiger partial charge in [-0.15, -0.1) is 6.42 Å². The summed E-state index contributed by atoms with van der Waals surface area (Å²) in [5.74, 6) is 0.734. The van der Waals surface area contributed by atoms with Gasteiger partial charge in [0.2, 0.25) is 0 Å². The smallest absolute Gasteiger partial charge is 0.351 e. The van der Waals surface area contributed by atoms with Gasteiger partial charge in [0.25, 0.3) is 0 Å². The lowest BCUT2D eigenvalue weighted by Gasteiger charge is -2.23. The highest BCUT2D eigenvalue weighted by atomic mass is 19.1. The van der Waals surface area contributed by atoms with Crippen molar-refractivity contribution in [3.63, 3.8) is 0 Å². The van der Waals surface area contributed by atoms with Crippen LogP contribution in [0.4, 0.5) is 10.2 Å². The second kappa shape index (κ2) is 4.62. The van der Waals surface area contributed by atoms with Crippen LogP contribution in [0.5, 0.6) is 0 Å². The molecular weight excluding hydrogens is 257 g/mol. The zero-order chi connectivity index (χ0) is 14.2. The predicted octanol–water partition coefficient (Wildman–Crippen LogP) is -1.39. The van der Waals surface area contributed by atoms with E-state index in [2.05, 4.69) is 10.9 Å². The molecule has 7 nitrogen and oxygen atoms in total. The molecule has 19 heavy (non-hydrogen) atoms. The molecule has 1 aliphatic rings. The summed E-state index contributed by atoms with van der Waals surface area (Å²) in [7, 11) is 0. The molecule has 4 N–H and O–H groups in total. The van der Waals surface area contributed by atoms with E-state index in [9.17, 15) is 19.4 Å². The Morgan fingerprint density at radius 1 is 1.79 bits per heavy atom. The summed E-state index contributed by atoms with van der Waals surface area (Å²) >= 11 is 0. The molecule has 0 saturated carbocycles. The number of aliphatic hydroxyl groups excluding tert-OH is 2. The van der Waals surface area contributed by atoms with Gasteiger partial charge in [-0.25, -0.2) is 9.18 Å². The minimum absolute atomic E-state index is 0.0737. The Bertz CT molecular complexity index is 597. The lowest BCUT2D eigenvalue weighted by Crippen LogP contribution is -2.41. The Balaban J connectivity index is 2.39. The quantitative estimate of drug-likeness (QED) is 0.570. The summed E-state index contributed by atoms with van der Waals surface area (Å²) in [4.78, 5) is 14.9. The summed E-state index contributed by atoms with van der Waals surface area (Å²) in [6.07, 6.45) is 3.76. The van der Waals surface area contributed by atoms with Gasteiger partial charge in [0.1, 0.15) is 12.3 Å². The number of nitrogens with zero attached hydrogens (tertiary/aromatic N) is 2. The summed E-state index contributed by atoms with van der Waals surface area (Å²) in [6.45, 7) is -0.624. The summed E-state index contributed by atoms with van der Waals surface area (Å²) in [5.41, 5.74) is 2.72. The van der Waals surface area contributed by atoms with Crippen LogP contribution in [0.1, 0.15) is 12.6 Å². The molecule has 8 heteroatoms. The first kappa shape index (κ1) is 13.5. The molecule has 2 unspecified atom stereocenters. The molecule has 0 aliphatic carbocycles. The molecule has 0 bridgehead atoms. The van der Waals surface area contributed by atoms with Crippen LogP contribution in [-0.4, -0.2) is 38.1 Å². The van der Waals surface area contributed by atoms with E-state index in [0.29, 0.717) is 0 Å². The second-order valence-electron chi connectivity index (χ2n) is 4.18. The molecule has 0 amide bonds. The number of nitrogens with two attached hydrogens (primary N) is 1. The van der Waals surface area contributed by atoms with Crippen LogP contribution in [0.2, 0.25) is 0 Å². The van der Waals surface area contributed by atoms with Crippen molar-refractivity contribution in [2.24, 2.45) is 0 Å². The lowest BCUT2D eigenvalue weighted by atomic mass is 9.99. The maximum atomic E-state index is 13.3. The number of hydrogen-bond acceptors (Lipinski definition) is 6. The maximum absolute atomic E-state index is 13.3. The Labute approximate surface area is 107 Å². The molecule has 2 rings (SSSR count). The highest BCUT2D eigenvalue weighted by molar-refractivity contribution is 5.26. The van der Waals surface area contributed by atoms with Gasteiger partial charge in [0.05, 0.1) is 12.8 Å². The number of aliphatic hydroxyl groups is 2. The van der Waals surface area contributed by atoms with Crippen LogP contribution in [0, 0.1) is 18.2 Å². The Kier molecular flexibility index (Phi) is 3.28. The minimum atomic E-state index is -1.61. The van der Waals surface area contributed by atoms with Crippen molar-refractivity contribution < 1.29 is 19.3 Å². The molecule has 102 valence electrons. The molecule has 1 aromatic heterocycles. The average Bonchev–Trinajstić information content (AvgIpc) is 2.71. The van der Waals surface area contributed by atoms with E-state index in [4.69, 9.17) is 16.9 Å². The number of halogens is 1. The van der Waals surface area contributed by atoms with Crippen molar-refractivity contribution in [2.75, 3.05) is 12.3 Å². The highest BCUT2D eigenvalue weighted by Crippen LogP contribution is 2.35. The maximum Gasteiger partial charge on any atom is 0.351 e. The standard InChI is InChI=1S/C11H12FN3O4/c1-2-11(5-16)7(17)3-8(19-11)15-4-6(12)9(13)14-10(15)18/h1,4,7-8,16-17H,3,5H2,(H2,13,14,18)/t7?,8?,11-/m0/s1. The monoisotopic (exact) mass is 269 g/mol. The topological polar surface area (TPSA) is 111 Å². The van der Waals surface area contributed by atoms with Crippen LogP contribution >= 0.6 is 0 Å². The van der Waals surface area contributed by atoms with Crippen LogP contribution in [0.15, 0.2) is 11.0 Å². The van der Waals surface area contributed by atoms with Crippen LogP contribution < -0.4 is 11.4 Å². The number of hydrogen-bond donors (Lipinski definition) is 3. The molecule has 1 fully saturated rings. The summed E-state index contributed by atoms with van der Waals surface area (Å²) < 4.78 is 19.4. The van der Waals surface area contributed by atoms with Crippen molar-refractivity contribution in [1.29, 1.82) is 0 Å². The van der Waals surface area contributed by atoms with Gasteiger partial charge >= 0.3 is 5.69 Å². The van der Waals surface area contributed by atoms with E-state index < -0.39 is 41.9 Å². The third-order valence-electron chi connectivity index (χ3n) is 3.03. The fourth-order valence-electron chi connectivity index (χ4n) is 1.90. The first-order chi connectivity index (χ1) is 8.93. The predicted molar refractivity (Wildman–Crippen MR) is 62.3 cm³/mol. The van der Waals surface area contributed by atoms with Gasteiger partial charge in [0.15, 0.2) is 17.2 Å². The van der Waals surface area contributed by atoms with Gasteiger partial charge in [-0.05, 0) is 0 Å². The SMILES string of the molecule is C#C[C@@]1(CO)OC(n2cc(F)c(N)nc2=O)CC1O. The zero-order valence-electron chi connectivity index (χ0n) is 9.78. The van der Waals surface area contributed by atoms with E-state index in [1.807, 2.05) is 0 Å². The largest absolute Gasteiger partial charge is 0.392 e. The average molecular weight is 269 g/mol. The second-order valence-corrected chi connectivity index (χ2v) is 4.18. The van der Waals surface area contributed by atoms with E-state index in [-0.39, 0.29) is 6.42 Å². The van der Waals surface area contributed by atoms with Gasteiger partial charge in [0, 0.05) is 6.42 Å². The van der Waals surface area contributed by atoms with Crippen molar-refractivity contribution in [3.8, 4) is 12.3 Å². The van der Waals surface area contributed by atoms with Gasteiger partial charge in [-0.2, -0.15) is 4.98 Å². The van der Waals surface area contributed by atoms with Gasteiger partial charge in [-0.1, -0.05) is 5.92 Å². The molecular formula is C11H12FN3O4. The number of ether oxygens (including phenoxy) is 1. The highest BCUT2D eigenvalue weighted by Gasteiger charge is 2.47. The van der Waals surface area contributed by atoms with Gasteiger partial charge < -0.3 is 20.7 Å². The van der Waals surface area contributed by atoms with Gasteiger partial charge in [-0.3, -0.25) is 4.57 Å². The number of rotatable bonds is 2. The summed E-state index contributed by atoms with van der Waals surface area (Å²) in [6, 6.07) is 0. The Morgan fingerprint density at radius 3 is 3.00 bits per heavy atom.